The van der Waals surface area contributed by atoms with E-state index in [0.717, 1.165) is 16.2 Å². The normalized spacial score (nSPS) is 11.5. The number of carbonyl (C=O) groups excluding carboxylic acids is 1. The van der Waals surface area contributed by atoms with Gasteiger partial charge in [0.1, 0.15) is 0 Å². The summed E-state index contributed by atoms with van der Waals surface area (Å²) in [6.45, 7) is 0.561. The summed E-state index contributed by atoms with van der Waals surface area (Å²) in [4.78, 5) is 20.3. The van der Waals surface area contributed by atoms with Crippen molar-refractivity contribution < 1.29 is 4.79 Å². The van der Waals surface area contributed by atoms with Gasteiger partial charge in [-0.25, -0.2) is 4.98 Å². The molecule has 0 aliphatic rings. The molecule has 0 aliphatic heterocycles. The number of fused-ring (bicyclic) bond motifs is 1. The number of hydrogen-bond donors (Lipinski definition) is 0. The SMILES string of the molecule is CSc1ccc(CN(C)C(=O)/C=C/c2c(Cl)nc3sccn23)cc1. The van der Waals surface area contributed by atoms with Gasteiger partial charge in [0.2, 0.25) is 5.91 Å². The first-order chi connectivity index (χ1) is 11.6. The topological polar surface area (TPSA) is 37.6 Å². The second kappa shape index (κ2) is 7.42. The van der Waals surface area contributed by atoms with Gasteiger partial charge in [0.05, 0.1) is 5.69 Å². The highest BCUT2D eigenvalue weighted by molar-refractivity contribution is 7.98. The Labute approximate surface area is 153 Å². The van der Waals surface area contributed by atoms with E-state index in [2.05, 4.69) is 17.1 Å². The van der Waals surface area contributed by atoms with Gasteiger partial charge in [-0.3, -0.25) is 9.20 Å². The van der Waals surface area contributed by atoms with Crippen LogP contribution in [-0.4, -0.2) is 33.5 Å². The molecule has 1 aromatic carbocycles. The highest BCUT2D eigenvalue weighted by Crippen LogP contribution is 2.22. The molecule has 0 spiro atoms. The van der Waals surface area contributed by atoms with Gasteiger partial charge in [0, 0.05) is 36.1 Å². The Morgan fingerprint density at radius 3 is 2.88 bits per heavy atom. The summed E-state index contributed by atoms with van der Waals surface area (Å²) in [5, 5.41) is 2.34. The number of likely N-dealkylation sites (N-methyl/N-ethyl adjacent to an activating group) is 1. The molecule has 4 nitrogen and oxygen atoms in total. The third-order valence-electron chi connectivity index (χ3n) is 3.59. The van der Waals surface area contributed by atoms with Crippen molar-refractivity contribution in [3.05, 3.63) is 58.3 Å². The lowest BCUT2D eigenvalue weighted by atomic mass is 10.2. The molecule has 0 N–H and O–H groups in total. The molecule has 0 bridgehead atoms. The molecule has 7 heteroatoms. The van der Waals surface area contributed by atoms with Crippen molar-refractivity contribution in [2.24, 2.45) is 0 Å². The number of nitrogens with zero attached hydrogens (tertiary/aromatic N) is 3. The van der Waals surface area contributed by atoms with E-state index < -0.39 is 0 Å². The molecule has 24 heavy (non-hydrogen) atoms. The predicted octanol–water partition coefficient (Wildman–Crippen LogP) is 4.44. The lowest BCUT2D eigenvalue weighted by molar-refractivity contribution is -0.125. The number of imidazole rings is 1. The number of halogens is 1. The van der Waals surface area contributed by atoms with Crippen LogP contribution in [0.4, 0.5) is 0 Å². The van der Waals surface area contributed by atoms with Crippen LogP contribution in [0, 0.1) is 0 Å². The zero-order valence-electron chi connectivity index (χ0n) is 13.3. The van der Waals surface area contributed by atoms with Gasteiger partial charge < -0.3 is 4.90 Å². The molecule has 1 amide bonds. The number of hydrogen-bond acceptors (Lipinski definition) is 4. The summed E-state index contributed by atoms with van der Waals surface area (Å²) in [6.07, 6.45) is 7.18. The first-order valence-electron chi connectivity index (χ1n) is 7.25. The number of amides is 1. The molecule has 0 atom stereocenters. The number of thioether (sulfide) groups is 1. The summed E-state index contributed by atoms with van der Waals surface area (Å²) in [6, 6.07) is 8.21. The van der Waals surface area contributed by atoms with Crippen LogP contribution in [0.25, 0.3) is 11.0 Å². The van der Waals surface area contributed by atoms with E-state index in [0.29, 0.717) is 11.7 Å². The molecular formula is C17H16ClN3OS2. The van der Waals surface area contributed by atoms with Crippen LogP contribution in [0.1, 0.15) is 11.3 Å². The minimum atomic E-state index is -0.0785. The number of aromatic nitrogens is 2. The Balaban J connectivity index is 1.69. The maximum atomic E-state index is 12.3. The van der Waals surface area contributed by atoms with Crippen LogP contribution in [-0.2, 0) is 11.3 Å². The van der Waals surface area contributed by atoms with Crippen molar-refractivity contribution in [3.8, 4) is 0 Å². The van der Waals surface area contributed by atoms with Gasteiger partial charge in [0.25, 0.3) is 0 Å². The molecule has 124 valence electrons. The molecule has 0 aliphatic carbocycles. The third kappa shape index (κ3) is 3.66. The molecule has 0 unspecified atom stereocenters. The van der Waals surface area contributed by atoms with Crippen molar-refractivity contribution in [1.82, 2.24) is 14.3 Å². The maximum Gasteiger partial charge on any atom is 0.246 e. The number of rotatable bonds is 5. The zero-order valence-corrected chi connectivity index (χ0v) is 15.7. The first-order valence-corrected chi connectivity index (χ1v) is 9.74. The van der Waals surface area contributed by atoms with Crippen molar-refractivity contribution in [2.75, 3.05) is 13.3 Å². The highest BCUT2D eigenvalue weighted by Gasteiger charge is 2.10. The Morgan fingerprint density at radius 1 is 1.42 bits per heavy atom. The maximum absolute atomic E-state index is 12.3. The predicted molar refractivity (Wildman–Crippen MR) is 102 cm³/mol. The molecule has 0 fully saturated rings. The average Bonchev–Trinajstić information content (AvgIpc) is 3.14. The molecule has 3 rings (SSSR count). The zero-order chi connectivity index (χ0) is 17.1. The van der Waals surface area contributed by atoms with Gasteiger partial charge in [0.15, 0.2) is 10.1 Å². The number of benzene rings is 1. The van der Waals surface area contributed by atoms with E-state index in [9.17, 15) is 4.79 Å². The van der Waals surface area contributed by atoms with E-state index in [4.69, 9.17) is 11.6 Å². The highest BCUT2D eigenvalue weighted by atomic mass is 35.5. The smallest absolute Gasteiger partial charge is 0.246 e. The molecule has 3 aromatic rings. The third-order valence-corrected chi connectivity index (χ3v) is 5.37. The fourth-order valence-corrected chi connectivity index (χ4v) is 3.70. The van der Waals surface area contributed by atoms with Gasteiger partial charge in [-0.1, -0.05) is 23.7 Å². The van der Waals surface area contributed by atoms with Crippen LogP contribution in [0.2, 0.25) is 5.15 Å². The molecule has 2 heterocycles. The van der Waals surface area contributed by atoms with Gasteiger partial charge in [-0.05, 0) is 30.0 Å². The van der Waals surface area contributed by atoms with Crippen LogP contribution in [0.15, 0.2) is 46.8 Å². The Bertz CT molecular complexity index is 883. The van der Waals surface area contributed by atoms with Gasteiger partial charge in [-0.2, -0.15) is 0 Å². The number of thiazole rings is 1. The van der Waals surface area contributed by atoms with Crippen molar-refractivity contribution in [2.45, 2.75) is 11.4 Å². The van der Waals surface area contributed by atoms with Crippen LogP contribution in [0.3, 0.4) is 0 Å². The lowest BCUT2D eigenvalue weighted by Gasteiger charge is -2.15. The summed E-state index contributed by atoms with van der Waals surface area (Å²) in [5.41, 5.74) is 1.82. The van der Waals surface area contributed by atoms with Gasteiger partial charge >= 0.3 is 0 Å². The number of carbonyl (C=O) groups is 1. The summed E-state index contributed by atoms with van der Waals surface area (Å²) >= 11 is 9.33. The van der Waals surface area contributed by atoms with E-state index in [1.807, 2.05) is 34.4 Å². The van der Waals surface area contributed by atoms with Crippen LogP contribution in [0.5, 0.6) is 0 Å². The van der Waals surface area contributed by atoms with Crippen molar-refractivity contribution in [1.29, 1.82) is 0 Å². The Morgan fingerprint density at radius 2 is 2.17 bits per heavy atom. The van der Waals surface area contributed by atoms with Crippen LogP contribution < -0.4 is 0 Å². The van der Waals surface area contributed by atoms with E-state index in [1.165, 1.54) is 22.3 Å². The minimum absolute atomic E-state index is 0.0785. The minimum Gasteiger partial charge on any atom is -0.338 e. The van der Waals surface area contributed by atoms with Crippen molar-refractivity contribution in [3.63, 3.8) is 0 Å². The van der Waals surface area contributed by atoms with Crippen LogP contribution >= 0.6 is 34.7 Å². The summed E-state index contributed by atoms with van der Waals surface area (Å²) in [7, 11) is 1.79. The van der Waals surface area contributed by atoms with Gasteiger partial charge in [-0.15, -0.1) is 23.1 Å². The molecule has 0 saturated carbocycles. The molecule has 0 saturated heterocycles. The van der Waals surface area contributed by atoms with Crippen molar-refractivity contribution >= 4 is 51.6 Å². The first kappa shape index (κ1) is 17.1. The lowest BCUT2D eigenvalue weighted by Crippen LogP contribution is -2.24. The van der Waals surface area contributed by atoms with E-state index >= 15 is 0 Å². The second-order valence-electron chi connectivity index (χ2n) is 5.22. The fraction of sp³-hybridized carbons (Fsp3) is 0.176. The standard InChI is InChI=1S/C17H16ClN3OS2/c1-20(11-12-3-5-13(23-2)6-4-12)15(22)8-7-14-16(18)19-17-21(14)9-10-24-17/h3-10H,11H2,1-2H3/b8-7+. The second-order valence-corrected chi connectivity index (χ2v) is 7.33. The largest absolute Gasteiger partial charge is 0.338 e. The molecular weight excluding hydrogens is 362 g/mol. The quantitative estimate of drug-likeness (QED) is 0.487. The summed E-state index contributed by atoms with van der Waals surface area (Å²) in [5.74, 6) is -0.0785. The average molecular weight is 378 g/mol. The summed E-state index contributed by atoms with van der Waals surface area (Å²) < 4.78 is 1.87. The monoisotopic (exact) mass is 377 g/mol. The fourth-order valence-electron chi connectivity index (χ4n) is 2.29. The Hall–Kier alpha value is -1.76. The molecule has 2 aromatic heterocycles. The molecule has 0 radical (unpaired) electrons. The van der Waals surface area contributed by atoms with E-state index in [1.54, 1.807) is 29.8 Å². The Kier molecular flexibility index (Phi) is 5.28. The van der Waals surface area contributed by atoms with E-state index in [-0.39, 0.29) is 5.91 Å².